The molecule has 2 amide bonds. The summed E-state index contributed by atoms with van der Waals surface area (Å²) in [6, 6.07) is 3.74. The molecule has 0 fully saturated rings. The van der Waals surface area contributed by atoms with Gasteiger partial charge in [0, 0.05) is 5.69 Å². The summed E-state index contributed by atoms with van der Waals surface area (Å²) in [4.78, 5) is 11.8. The Kier molecular flexibility index (Phi) is 5.77. The number of nitrogens with one attached hydrogen (secondary N) is 2. The van der Waals surface area contributed by atoms with Crippen molar-refractivity contribution in [1.82, 2.24) is 5.32 Å². The minimum Gasteiger partial charge on any atom is -0.406 e. The molecule has 4 N–H and O–H groups in total. The van der Waals surface area contributed by atoms with E-state index < -0.39 is 18.4 Å². The summed E-state index contributed by atoms with van der Waals surface area (Å²) in [5, 5.41) is 4.99. The highest BCUT2D eigenvalue weighted by molar-refractivity contribution is 7.80. The minimum absolute atomic E-state index is 0.154. The Morgan fingerprint density at radius 1 is 1.38 bits per heavy atom. The van der Waals surface area contributed by atoms with Gasteiger partial charge in [0.1, 0.15) is 5.75 Å². The Hall–Kier alpha value is -2.03. The first kappa shape index (κ1) is 17.0. The molecule has 1 unspecified atom stereocenters. The van der Waals surface area contributed by atoms with E-state index in [0.717, 1.165) is 12.1 Å². The lowest BCUT2D eigenvalue weighted by molar-refractivity contribution is -0.274. The first-order valence-corrected chi connectivity index (χ1v) is 6.34. The highest BCUT2D eigenvalue weighted by Crippen LogP contribution is 2.23. The normalized spacial score (nSPS) is 12.4. The van der Waals surface area contributed by atoms with Gasteiger partial charge in [-0.05, 0) is 30.7 Å². The number of alkyl halides is 3. The number of carbonyl (C=O) groups is 1. The number of carbonyl (C=O) groups excluding carboxylic acids is 1. The molecule has 0 radical (unpaired) electrons. The number of anilines is 1. The second-order valence-electron chi connectivity index (χ2n) is 4.03. The summed E-state index contributed by atoms with van der Waals surface area (Å²) in [5.41, 5.74) is 5.74. The van der Waals surface area contributed by atoms with Gasteiger partial charge >= 0.3 is 12.4 Å². The molecule has 0 aromatic heterocycles. The van der Waals surface area contributed by atoms with Crippen LogP contribution in [0.1, 0.15) is 13.3 Å². The predicted octanol–water partition coefficient (Wildman–Crippen LogP) is 2.77. The van der Waals surface area contributed by atoms with Crippen molar-refractivity contribution in [2.75, 3.05) is 5.32 Å². The van der Waals surface area contributed by atoms with Crippen molar-refractivity contribution in [3.05, 3.63) is 24.3 Å². The van der Waals surface area contributed by atoms with Crippen LogP contribution in [0.4, 0.5) is 23.7 Å². The van der Waals surface area contributed by atoms with Crippen molar-refractivity contribution < 1.29 is 22.7 Å². The summed E-state index contributed by atoms with van der Waals surface area (Å²) in [5.74, 6) is -0.372. The van der Waals surface area contributed by atoms with E-state index in [1.165, 1.54) is 12.1 Å². The van der Waals surface area contributed by atoms with Crippen LogP contribution in [0, 0.1) is 0 Å². The van der Waals surface area contributed by atoms with E-state index >= 15 is 0 Å². The number of nitrogens with two attached hydrogens (primary N) is 1. The highest BCUT2D eigenvalue weighted by atomic mass is 32.1. The van der Waals surface area contributed by atoms with Gasteiger partial charge in [0.15, 0.2) is 0 Å². The second kappa shape index (κ2) is 7.11. The number of urea groups is 1. The molecule has 0 spiro atoms. The molecule has 9 heteroatoms. The monoisotopic (exact) mass is 321 g/mol. The summed E-state index contributed by atoms with van der Waals surface area (Å²) in [6.45, 7) is 1.80. The van der Waals surface area contributed by atoms with Crippen molar-refractivity contribution in [1.29, 1.82) is 0 Å². The molecular weight excluding hydrogens is 307 g/mol. The lowest BCUT2D eigenvalue weighted by atomic mass is 10.2. The van der Waals surface area contributed by atoms with Crippen molar-refractivity contribution in [2.45, 2.75) is 25.7 Å². The standard InChI is InChI=1S/C12H14F3N3O2S/c1-2-9(10(16)21)18-11(19)17-7-3-5-8(6-4-7)20-12(13,14)15/h3-6,9H,2H2,1H3,(H2,16,21)(H2,17,18,19). The second-order valence-corrected chi connectivity index (χ2v) is 4.51. The van der Waals surface area contributed by atoms with Crippen molar-refractivity contribution in [3.8, 4) is 5.75 Å². The fraction of sp³-hybridized carbons (Fsp3) is 0.333. The zero-order valence-electron chi connectivity index (χ0n) is 11.0. The topological polar surface area (TPSA) is 76.4 Å². The van der Waals surface area contributed by atoms with Crippen molar-refractivity contribution in [3.63, 3.8) is 0 Å². The fourth-order valence-corrected chi connectivity index (χ4v) is 1.67. The molecule has 116 valence electrons. The lowest BCUT2D eigenvalue weighted by Gasteiger charge is -2.16. The molecule has 0 bridgehead atoms. The number of benzene rings is 1. The van der Waals surface area contributed by atoms with E-state index in [4.69, 9.17) is 18.0 Å². The maximum Gasteiger partial charge on any atom is 0.573 e. The van der Waals surface area contributed by atoms with E-state index in [-0.39, 0.29) is 10.7 Å². The first-order chi connectivity index (χ1) is 9.71. The summed E-state index contributed by atoms with van der Waals surface area (Å²) in [6.07, 6.45) is -4.22. The third kappa shape index (κ3) is 6.30. The number of amides is 2. The van der Waals surface area contributed by atoms with Crippen molar-refractivity contribution >= 4 is 28.9 Å². The van der Waals surface area contributed by atoms with Crippen LogP contribution < -0.4 is 21.1 Å². The molecule has 0 aliphatic carbocycles. The predicted molar refractivity (Wildman–Crippen MR) is 76.1 cm³/mol. The van der Waals surface area contributed by atoms with Gasteiger partial charge in [0.2, 0.25) is 0 Å². The van der Waals surface area contributed by atoms with Gasteiger partial charge in [-0.25, -0.2) is 4.79 Å². The Balaban J connectivity index is 2.59. The summed E-state index contributed by atoms with van der Waals surface area (Å²) >= 11 is 4.78. The maximum absolute atomic E-state index is 12.0. The van der Waals surface area contributed by atoms with Gasteiger partial charge in [-0.1, -0.05) is 19.1 Å². The van der Waals surface area contributed by atoms with Gasteiger partial charge in [0.25, 0.3) is 0 Å². The van der Waals surface area contributed by atoms with Crippen LogP contribution in [-0.4, -0.2) is 23.4 Å². The molecule has 5 nitrogen and oxygen atoms in total. The van der Waals surface area contributed by atoms with Gasteiger partial charge in [-0.2, -0.15) is 0 Å². The van der Waals surface area contributed by atoms with Crippen LogP contribution in [0.3, 0.4) is 0 Å². The SMILES string of the molecule is CCC(NC(=O)Nc1ccc(OC(F)(F)F)cc1)C(N)=S. The third-order valence-electron chi connectivity index (χ3n) is 2.40. The lowest BCUT2D eigenvalue weighted by Crippen LogP contribution is -2.44. The molecule has 0 saturated carbocycles. The Morgan fingerprint density at radius 3 is 2.38 bits per heavy atom. The number of rotatable bonds is 5. The average molecular weight is 321 g/mol. The molecule has 0 heterocycles. The molecule has 0 aliphatic heterocycles. The van der Waals surface area contributed by atoms with E-state index in [2.05, 4.69) is 15.4 Å². The van der Waals surface area contributed by atoms with Crippen LogP contribution in [-0.2, 0) is 0 Å². The number of hydrogen-bond acceptors (Lipinski definition) is 3. The largest absolute Gasteiger partial charge is 0.573 e. The zero-order valence-corrected chi connectivity index (χ0v) is 11.8. The van der Waals surface area contributed by atoms with Crippen LogP contribution in [0.15, 0.2) is 24.3 Å². The van der Waals surface area contributed by atoms with Crippen LogP contribution in [0.25, 0.3) is 0 Å². The quantitative estimate of drug-likeness (QED) is 0.729. The molecule has 1 aromatic carbocycles. The van der Waals surface area contributed by atoms with E-state index in [1.54, 1.807) is 6.92 Å². The number of hydrogen-bond donors (Lipinski definition) is 3. The molecule has 1 rings (SSSR count). The van der Waals surface area contributed by atoms with Crippen LogP contribution in [0.5, 0.6) is 5.75 Å². The van der Waals surface area contributed by atoms with Crippen LogP contribution >= 0.6 is 12.2 Å². The van der Waals surface area contributed by atoms with Gasteiger partial charge in [-0.15, -0.1) is 13.2 Å². The van der Waals surface area contributed by atoms with E-state index in [9.17, 15) is 18.0 Å². The Bertz CT molecular complexity index is 505. The molecule has 0 saturated heterocycles. The molecule has 21 heavy (non-hydrogen) atoms. The first-order valence-electron chi connectivity index (χ1n) is 5.94. The average Bonchev–Trinajstić information content (AvgIpc) is 2.36. The highest BCUT2D eigenvalue weighted by Gasteiger charge is 2.30. The van der Waals surface area contributed by atoms with Gasteiger partial charge in [0.05, 0.1) is 11.0 Å². The van der Waals surface area contributed by atoms with E-state index in [0.29, 0.717) is 12.1 Å². The Morgan fingerprint density at radius 2 is 1.95 bits per heavy atom. The summed E-state index contributed by atoms with van der Waals surface area (Å²) in [7, 11) is 0. The zero-order chi connectivity index (χ0) is 16.0. The van der Waals surface area contributed by atoms with E-state index in [1.807, 2.05) is 0 Å². The fourth-order valence-electron chi connectivity index (χ4n) is 1.44. The van der Waals surface area contributed by atoms with Crippen LogP contribution in [0.2, 0.25) is 0 Å². The molecule has 1 aromatic rings. The third-order valence-corrected chi connectivity index (χ3v) is 2.69. The maximum atomic E-state index is 12.0. The van der Waals surface area contributed by atoms with Gasteiger partial charge < -0.3 is 21.1 Å². The van der Waals surface area contributed by atoms with Gasteiger partial charge in [-0.3, -0.25) is 0 Å². The van der Waals surface area contributed by atoms with Crippen molar-refractivity contribution in [2.24, 2.45) is 5.73 Å². The minimum atomic E-state index is -4.75. The molecule has 1 atom stereocenters. The molecular formula is C12H14F3N3O2S. The number of thiocarbonyl (C=S) groups is 1. The summed E-state index contributed by atoms with van der Waals surface area (Å²) < 4.78 is 39.7. The Labute approximate surface area is 124 Å². The number of ether oxygens (including phenoxy) is 1. The smallest absolute Gasteiger partial charge is 0.406 e. The number of halogens is 3. The molecule has 0 aliphatic rings.